The van der Waals surface area contributed by atoms with Crippen LogP contribution in [0.15, 0.2) is 59.8 Å². The lowest BCUT2D eigenvalue weighted by atomic mass is 10.1. The molecule has 3 rings (SSSR count). The summed E-state index contributed by atoms with van der Waals surface area (Å²) in [4.78, 5) is 20.7. The molecule has 1 amide bonds. The zero-order valence-corrected chi connectivity index (χ0v) is 18.3. The average molecular weight is 448 g/mol. The minimum absolute atomic E-state index is 0.119. The quantitative estimate of drug-likeness (QED) is 0.432. The van der Waals surface area contributed by atoms with Crippen molar-refractivity contribution in [1.29, 1.82) is 0 Å². The molecule has 4 nitrogen and oxygen atoms in total. The summed E-state index contributed by atoms with van der Waals surface area (Å²) in [5, 5.41) is 2.41. The van der Waals surface area contributed by atoms with Gasteiger partial charge in [0.15, 0.2) is 5.16 Å². The zero-order chi connectivity index (χ0) is 22.6. The molecular weight excluding hydrogens is 423 g/mol. The number of hydrogen-bond donors (Lipinski definition) is 2. The molecule has 0 aliphatic rings. The van der Waals surface area contributed by atoms with Crippen LogP contribution < -0.4 is 5.32 Å². The van der Waals surface area contributed by atoms with Crippen LogP contribution in [0.25, 0.3) is 0 Å². The van der Waals surface area contributed by atoms with Crippen molar-refractivity contribution in [2.45, 2.75) is 43.8 Å². The zero-order valence-electron chi connectivity index (χ0n) is 17.5. The number of aromatic nitrogens is 2. The Kier molecular flexibility index (Phi) is 7.10. The van der Waals surface area contributed by atoms with E-state index in [9.17, 15) is 18.0 Å². The summed E-state index contributed by atoms with van der Waals surface area (Å²) >= 11 is 1.22. The maximum atomic E-state index is 13.3. The molecule has 0 radical (unpaired) electrons. The number of H-pyrrole nitrogens is 1. The van der Waals surface area contributed by atoms with Gasteiger partial charge in [0.2, 0.25) is 5.91 Å². The molecule has 1 heterocycles. The van der Waals surface area contributed by atoms with Crippen LogP contribution in [0, 0.1) is 12.8 Å². The molecule has 8 heteroatoms. The maximum absolute atomic E-state index is 13.3. The molecule has 2 N–H and O–H groups in total. The third-order valence-electron chi connectivity index (χ3n) is 4.77. The molecule has 0 aliphatic heterocycles. The van der Waals surface area contributed by atoms with Gasteiger partial charge in [0, 0.05) is 12.1 Å². The number of amides is 1. The van der Waals surface area contributed by atoms with Gasteiger partial charge in [0.05, 0.1) is 22.2 Å². The van der Waals surface area contributed by atoms with Gasteiger partial charge >= 0.3 is 6.18 Å². The lowest BCUT2D eigenvalue weighted by Crippen LogP contribution is -2.30. The number of anilines is 1. The Labute approximate surface area is 183 Å². The predicted octanol–water partition coefficient (Wildman–Crippen LogP) is 6.08. The first-order chi connectivity index (χ1) is 14.6. The molecule has 0 spiro atoms. The molecule has 164 valence electrons. The minimum Gasteiger partial charge on any atom is -0.337 e. The molecule has 0 saturated heterocycles. The standard InChI is InChI=1S/C23H24F3N3OS/c1-14(2)20(21(30)28-18-12-8-7-11-17(18)23(24,25)26)31-22-27-15(3)19(29-22)13-16-9-5-4-6-10-16/h4-12,14,20H,13H2,1-3H3,(H,27,29)(H,28,30). The number of carbonyl (C=O) groups excluding carboxylic acids is 1. The number of halogens is 3. The number of hydrogen-bond acceptors (Lipinski definition) is 3. The van der Waals surface area contributed by atoms with Crippen LogP contribution in [-0.2, 0) is 17.4 Å². The van der Waals surface area contributed by atoms with Gasteiger partial charge in [-0.05, 0) is 30.5 Å². The molecule has 3 aromatic rings. The van der Waals surface area contributed by atoms with Gasteiger partial charge < -0.3 is 10.3 Å². The van der Waals surface area contributed by atoms with Crippen molar-refractivity contribution in [3.8, 4) is 0 Å². The molecular formula is C23H24F3N3OS. The first-order valence-corrected chi connectivity index (χ1v) is 10.8. The van der Waals surface area contributed by atoms with E-state index in [0.717, 1.165) is 23.0 Å². The van der Waals surface area contributed by atoms with Gasteiger partial charge in [0.25, 0.3) is 0 Å². The first kappa shape index (κ1) is 22.9. The summed E-state index contributed by atoms with van der Waals surface area (Å²) < 4.78 is 39.8. The summed E-state index contributed by atoms with van der Waals surface area (Å²) in [6.07, 6.45) is -3.89. The molecule has 0 bridgehead atoms. The van der Waals surface area contributed by atoms with Gasteiger partial charge in [0.1, 0.15) is 0 Å². The van der Waals surface area contributed by atoms with Crippen molar-refractivity contribution in [3.05, 3.63) is 77.1 Å². The van der Waals surface area contributed by atoms with Gasteiger partial charge in [-0.1, -0.05) is 68.1 Å². The van der Waals surface area contributed by atoms with E-state index in [1.165, 1.54) is 30.0 Å². The summed E-state index contributed by atoms with van der Waals surface area (Å²) in [5.74, 6) is -0.610. The van der Waals surface area contributed by atoms with Crippen LogP contribution in [-0.4, -0.2) is 21.1 Å². The number of imidazole rings is 1. The Bertz CT molecular complexity index is 1030. The fourth-order valence-corrected chi connectivity index (χ4v) is 4.19. The molecule has 31 heavy (non-hydrogen) atoms. The van der Waals surface area contributed by atoms with E-state index in [2.05, 4.69) is 15.3 Å². The highest BCUT2D eigenvalue weighted by Crippen LogP contribution is 2.35. The second-order valence-electron chi connectivity index (χ2n) is 7.59. The Morgan fingerprint density at radius 3 is 2.39 bits per heavy atom. The first-order valence-electron chi connectivity index (χ1n) is 9.88. The van der Waals surface area contributed by atoms with E-state index in [-0.39, 0.29) is 11.6 Å². The Hall–Kier alpha value is -2.74. The number of para-hydroxylation sites is 1. The van der Waals surface area contributed by atoms with E-state index in [0.29, 0.717) is 11.6 Å². The molecule has 0 fully saturated rings. The van der Waals surface area contributed by atoms with Crippen molar-refractivity contribution >= 4 is 23.4 Å². The molecule has 0 aliphatic carbocycles. The summed E-state index contributed by atoms with van der Waals surface area (Å²) in [6.45, 7) is 5.63. The van der Waals surface area contributed by atoms with Crippen LogP contribution in [0.2, 0.25) is 0 Å². The number of aryl methyl sites for hydroxylation is 1. The Morgan fingerprint density at radius 2 is 1.74 bits per heavy atom. The molecule has 0 saturated carbocycles. The highest BCUT2D eigenvalue weighted by Gasteiger charge is 2.34. The topological polar surface area (TPSA) is 57.8 Å². The summed E-state index contributed by atoms with van der Waals surface area (Å²) in [7, 11) is 0. The predicted molar refractivity (Wildman–Crippen MR) is 117 cm³/mol. The van der Waals surface area contributed by atoms with Crippen molar-refractivity contribution in [2.24, 2.45) is 5.92 Å². The highest BCUT2D eigenvalue weighted by molar-refractivity contribution is 8.00. The normalized spacial score (nSPS) is 12.7. The lowest BCUT2D eigenvalue weighted by Gasteiger charge is -2.20. The van der Waals surface area contributed by atoms with Crippen LogP contribution in [0.5, 0.6) is 0 Å². The largest absolute Gasteiger partial charge is 0.418 e. The smallest absolute Gasteiger partial charge is 0.337 e. The number of rotatable bonds is 7. The van der Waals surface area contributed by atoms with E-state index in [1.54, 1.807) is 0 Å². The van der Waals surface area contributed by atoms with Crippen LogP contribution in [0.4, 0.5) is 18.9 Å². The van der Waals surface area contributed by atoms with Crippen LogP contribution in [0.3, 0.4) is 0 Å². The number of benzene rings is 2. The third kappa shape index (κ3) is 5.91. The minimum atomic E-state index is -4.55. The number of nitrogens with zero attached hydrogens (tertiary/aromatic N) is 1. The van der Waals surface area contributed by atoms with Crippen LogP contribution in [0.1, 0.15) is 36.4 Å². The second-order valence-corrected chi connectivity index (χ2v) is 8.72. The van der Waals surface area contributed by atoms with E-state index in [1.807, 2.05) is 51.1 Å². The Morgan fingerprint density at radius 1 is 1.10 bits per heavy atom. The number of nitrogens with one attached hydrogen (secondary N) is 2. The molecule has 1 atom stereocenters. The van der Waals surface area contributed by atoms with E-state index < -0.39 is 22.9 Å². The third-order valence-corrected chi connectivity index (χ3v) is 6.20. The van der Waals surface area contributed by atoms with Crippen molar-refractivity contribution < 1.29 is 18.0 Å². The molecule has 1 unspecified atom stereocenters. The van der Waals surface area contributed by atoms with Crippen molar-refractivity contribution in [3.63, 3.8) is 0 Å². The monoisotopic (exact) mass is 447 g/mol. The Balaban J connectivity index is 1.76. The lowest BCUT2D eigenvalue weighted by molar-refractivity contribution is -0.137. The van der Waals surface area contributed by atoms with Gasteiger partial charge in [-0.25, -0.2) is 4.98 Å². The number of thioether (sulfide) groups is 1. The molecule has 2 aromatic carbocycles. The molecule has 1 aromatic heterocycles. The second kappa shape index (κ2) is 9.60. The average Bonchev–Trinajstić information content (AvgIpc) is 3.05. The van der Waals surface area contributed by atoms with Crippen LogP contribution >= 0.6 is 11.8 Å². The number of aromatic amines is 1. The van der Waals surface area contributed by atoms with Gasteiger partial charge in [-0.2, -0.15) is 13.2 Å². The number of alkyl halides is 3. The highest BCUT2D eigenvalue weighted by atomic mass is 32.2. The van der Waals surface area contributed by atoms with Gasteiger partial charge in [-0.15, -0.1) is 0 Å². The number of carbonyl (C=O) groups is 1. The maximum Gasteiger partial charge on any atom is 0.418 e. The fraction of sp³-hybridized carbons (Fsp3) is 0.304. The van der Waals surface area contributed by atoms with Gasteiger partial charge in [-0.3, -0.25) is 4.79 Å². The van der Waals surface area contributed by atoms with E-state index >= 15 is 0 Å². The fourth-order valence-electron chi connectivity index (χ4n) is 3.14. The van der Waals surface area contributed by atoms with Crippen molar-refractivity contribution in [2.75, 3.05) is 5.32 Å². The summed E-state index contributed by atoms with van der Waals surface area (Å²) in [5.41, 5.74) is 1.78. The van der Waals surface area contributed by atoms with E-state index in [4.69, 9.17) is 0 Å². The SMILES string of the molecule is Cc1[nH]c(SC(C(=O)Nc2ccccc2C(F)(F)F)C(C)C)nc1Cc1ccccc1. The summed E-state index contributed by atoms with van der Waals surface area (Å²) in [6, 6.07) is 14.9. The van der Waals surface area contributed by atoms with Crippen molar-refractivity contribution in [1.82, 2.24) is 9.97 Å².